The molecule has 0 fully saturated rings. The zero-order valence-corrected chi connectivity index (χ0v) is 22.3. The fraction of sp³-hybridized carbons (Fsp3) is 0.391. The Hall–Kier alpha value is -2.00. The Morgan fingerprint density at radius 2 is 1.68 bits per heavy atom. The number of halogens is 3. The number of unbranched alkanes of at least 4 members (excludes halogenated alkanes) is 1. The molecule has 0 radical (unpaired) electrons. The van der Waals surface area contributed by atoms with Crippen LogP contribution in [0.2, 0.25) is 15.1 Å². The summed E-state index contributed by atoms with van der Waals surface area (Å²) in [5, 5.41) is 3.79. The average Bonchev–Trinajstić information content (AvgIpc) is 2.76. The van der Waals surface area contributed by atoms with Gasteiger partial charge in [0.05, 0.1) is 11.9 Å². The van der Waals surface area contributed by atoms with Crippen molar-refractivity contribution in [2.75, 3.05) is 23.7 Å². The number of amides is 2. The van der Waals surface area contributed by atoms with Crippen molar-refractivity contribution in [2.45, 2.75) is 39.3 Å². The van der Waals surface area contributed by atoms with E-state index in [2.05, 4.69) is 5.32 Å². The normalized spacial score (nSPS) is 12.2. The molecule has 2 amide bonds. The number of carbonyl (C=O) groups excluding carboxylic acids is 2. The molecule has 0 aromatic heterocycles. The highest BCUT2D eigenvalue weighted by Crippen LogP contribution is 2.27. The van der Waals surface area contributed by atoms with E-state index in [1.165, 1.54) is 17.0 Å². The van der Waals surface area contributed by atoms with Crippen molar-refractivity contribution in [3.05, 3.63) is 63.1 Å². The van der Waals surface area contributed by atoms with Crippen molar-refractivity contribution < 1.29 is 18.0 Å². The van der Waals surface area contributed by atoms with Gasteiger partial charge in [0, 0.05) is 33.7 Å². The van der Waals surface area contributed by atoms with Crippen LogP contribution >= 0.6 is 34.8 Å². The predicted molar refractivity (Wildman–Crippen MR) is 138 cm³/mol. The number of anilines is 1. The minimum absolute atomic E-state index is 0.0765. The fourth-order valence-electron chi connectivity index (χ4n) is 3.22. The molecule has 2 rings (SSSR count). The Morgan fingerprint density at radius 1 is 1.06 bits per heavy atom. The van der Waals surface area contributed by atoms with Crippen LogP contribution in [0.4, 0.5) is 5.69 Å². The summed E-state index contributed by atoms with van der Waals surface area (Å²) in [5.41, 5.74) is 0.695. The number of nitrogens with zero attached hydrogens (tertiary/aromatic N) is 2. The lowest BCUT2D eigenvalue weighted by Gasteiger charge is -2.32. The first kappa shape index (κ1) is 28.2. The van der Waals surface area contributed by atoms with Gasteiger partial charge in [-0.05, 0) is 43.7 Å². The Bertz CT molecular complexity index is 1110. The number of benzene rings is 2. The summed E-state index contributed by atoms with van der Waals surface area (Å²) >= 11 is 18.7. The molecular formula is C23H28Cl3N3O4S. The van der Waals surface area contributed by atoms with E-state index < -0.39 is 28.5 Å². The van der Waals surface area contributed by atoms with Crippen LogP contribution in [0.1, 0.15) is 32.3 Å². The first-order chi connectivity index (χ1) is 16.0. The second-order valence-electron chi connectivity index (χ2n) is 7.79. The molecule has 1 unspecified atom stereocenters. The molecule has 7 nitrogen and oxygen atoms in total. The summed E-state index contributed by atoms with van der Waals surface area (Å²) < 4.78 is 26.0. The number of hydrogen-bond donors (Lipinski definition) is 1. The smallest absolute Gasteiger partial charge is 0.244 e. The zero-order chi connectivity index (χ0) is 25.5. The topological polar surface area (TPSA) is 86.8 Å². The van der Waals surface area contributed by atoms with Gasteiger partial charge in [-0.2, -0.15) is 0 Å². The Kier molecular flexibility index (Phi) is 10.5. The van der Waals surface area contributed by atoms with E-state index in [9.17, 15) is 18.0 Å². The maximum Gasteiger partial charge on any atom is 0.244 e. The number of sulfonamides is 1. The van der Waals surface area contributed by atoms with Crippen LogP contribution in [0.15, 0.2) is 42.5 Å². The summed E-state index contributed by atoms with van der Waals surface area (Å²) in [5.74, 6) is -0.960. The van der Waals surface area contributed by atoms with Gasteiger partial charge in [0.15, 0.2) is 0 Å². The van der Waals surface area contributed by atoms with E-state index in [4.69, 9.17) is 34.8 Å². The van der Waals surface area contributed by atoms with Crippen molar-refractivity contribution in [3.8, 4) is 0 Å². The zero-order valence-electron chi connectivity index (χ0n) is 19.2. The third-order valence-electron chi connectivity index (χ3n) is 5.16. The van der Waals surface area contributed by atoms with Gasteiger partial charge in [0.25, 0.3) is 0 Å². The Balaban J connectivity index is 2.41. The second-order valence-corrected chi connectivity index (χ2v) is 10.9. The van der Waals surface area contributed by atoms with Crippen LogP contribution in [-0.4, -0.2) is 50.5 Å². The SMILES string of the molecule is CCCCNC(=O)C(C)N(Cc1c(Cl)cccc1Cl)C(=O)CN(c1cccc(Cl)c1)S(C)(=O)=O. The highest BCUT2D eigenvalue weighted by atomic mass is 35.5. The van der Waals surface area contributed by atoms with Crippen LogP contribution in [0, 0.1) is 0 Å². The number of carbonyl (C=O) groups is 2. The van der Waals surface area contributed by atoms with Gasteiger partial charge in [0.1, 0.15) is 12.6 Å². The first-order valence-corrected chi connectivity index (χ1v) is 13.7. The standard InChI is InChI=1S/C23H28Cl3N3O4S/c1-4-5-12-27-23(31)16(2)28(14-19-20(25)10-7-11-21(19)26)22(30)15-29(34(3,32)33)18-9-6-8-17(24)13-18/h6-11,13,16H,4-5,12,14-15H2,1-3H3,(H,27,31). The van der Waals surface area contributed by atoms with Gasteiger partial charge < -0.3 is 10.2 Å². The maximum absolute atomic E-state index is 13.5. The summed E-state index contributed by atoms with van der Waals surface area (Å²) in [4.78, 5) is 27.6. The van der Waals surface area contributed by atoms with Crippen molar-refractivity contribution in [1.29, 1.82) is 0 Å². The van der Waals surface area contributed by atoms with Gasteiger partial charge in [0.2, 0.25) is 21.8 Å². The molecule has 0 aliphatic carbocycles. The lowest BCUT2D eigenvalue weighted by atomic mass is 10.1. The van der Waals surface area contributed by atoms with E-state index >= 15 is 0 Å². The highest BCUT2D eigenvalue weighted by molar-refractivity contribution is 7.92. The Labute approximate surface area is 216 Å². The van der Waals surface area contributed by atoms with Gasteiger partial charge in [-0.15, -0.1) is 0 Å². The summed E-state index contributed by atoms with van der Waals surface area (Å²) in [6, 6.07) is 10.2. The Morgan fingerprint density at radius 3 is 2.24 bits per heavy atom. The summed E-state index contributed by atoms with van der Waals surface area (Å²) in [6.45, 7) is 3.43. The molecule has 0 saturated heterocycles. The number of nitrogens with one attached hydrogen (secondary N) is 1. The summed E-state index contributed by atoms with van der Waals surface area (Å²) in [6.07, 6.45) is 2.69. The van der Waals surface area contributed by atoms with Gasteiger partial charge in [-0.3, -0.25) is 13.9 Å². The lowest BCUT2D eigenvalue weighted by molar-refractivity contribution is -0.139. The van der Waals surface area contributed by atoms with Crippen molar-refractivity contribution >= 4 is 62.3 Å². The van der Waals surface area contributed by atoms with Gasteiger partial charge >= 0.3 is 0 Å². The van der Waals surface area contributed by atoms with Gasteiger partial charge in [-0.1, -0.05) is 60.3 Å². The molecular weight excluding hydrogens is 521 g/mol. The maximum atomic E-state index is 13.5. The molecule has 2 aromatic carbocycles. The van der Waals surface area contributed by atoms with Crippen LogP contribution in [0.25, 0.3) is 0 Å². The molecule has 0 aliphatic rings. The van der Waals surface area contributed by atoms with Crippen molar-refractivity contribution in [1.82, 2.24) is 10.2 Å². The molecule has 11 heteroatoms. The van der Waals surface area contributed by atoms with E-state index in [0.29, 0.717) is 27.2 Å². The van der Waals surface area contributed by atoms with Crippen LogP contribution in [0.3, 0.4) is 0 Å². The molecule has 2 aromatic rings. The molecule has 34 heavy (non-hydrogen) atoms. The van der Waals surface area contributed by atoms with Crippen LogP contribution < -0.4 is 9.62 Å². The minimum Gasteiger partial charge on any atom is -0.354 e. The first-order valence-electron chi connectivity index (χ1n) is 10.7. The third kappa shape index (κ3) is 7.77. The largest absolute Gasteiger partial charge is 0.354 e. The monoisotopic (exact) mass is 547 g/mol. The number of hydrogen-bond acceptors (Lipinski definition) is 4. The highest BCUT2D eigenvalue weighted by Gasteiger charge is 2.30. The van der Waals surface area contributed by atoms with E-state index in [1.807, 2.05) is 6.92 Å². The number of rotatable bonds is 11. The molecule has 1 N–H and O–H groups in total. The summed E-state index contributed by atoms with van der Waals surface area (Å²) in [7, 11) is -3.84. The minimum atomic E-state index is -3.84. The average molecular weight is 549 g/mol. The van der Waals surface area contributed by atoms with Crippen LogP contribution in [0.5, 0.6) is 0 Å². The fourth-order valence-corrected chi connectivity index (χ4v) is 4.76. The van der Waals surface area contributed by atoms with Crippen LogP contribution in [-0.2, 0) is 26.2 Å². The van der Waals surface area contributed by atoms with E-state index in [0.717, 1.165) is 23.4 Å². The molecule has 0 bridgehead atoms. The molecule has 0 saturated carbocycles. The second kappa shape index (κ2) is 12.6. The van der Waals surface area contributed by atoms with Gasteiger partial charge in [-0.25, -0.2) is 8.42 Å². The third-order valence-corrected chi connectivity index (χ3v) is 7.25. The predicted octanol–water partition coefficient (Wildman–Crippen LogP) is 4.75. The lowest BCUT2D eigenvalue weighted by Crippen LogP contribution is -2.51. The molecule has 1 atom stereocenters. The molecule has 0 heterocycles. The molecule has 0 spiro atoms. The quantitative estimate of drug-likeness (QED) is 0.411. The van der Waals surface area contributed by atoms with Crippen molar-refractivity contribution in [3.63, 3.8) is 0 Å². The molecule has 0 aliphatic heterocycles. The molecule has 186 valence electrons. The van der Waals surface area contributed by atoms with Crippen molar-refractivity contribution in [2.24, 2.45) is 0 Å². The van der Waals surface area contributed by atoms with E-state index in [-0.39, 0.29) is 18.1 Å². The van der Waals surface area contributed by atoms with E-state index in [1.54, 1.807) is 37.3 Å².